The number of nitrogens with one attached hydrogen (secondary N) is 1. The van der Waals surface area contributed by atoms with Crippen LogP contribution in [-0.2, 0) is 23.2 Å². The van der Waals surface area contributed by atoms with Crippen molar-refractivity contribution in [3.05, 3.63) is 52.3 Å². The molecule has 30 heavy (non-hydrogen) atoms. The van der Waals surface area contributed by atoms with E-state index in [4.69, 9.17) is 5.26 Å². The summed E-state index contributed by atoms with van der Waals surface area (Å²) in [6.45, 7) is 7.47. The molecule has 5 heteroatoms. The molecule has 0 aliphatic heterocycles. The molecule has 3 rings (SSSR count). The quantitative estimate of drug-likeness (QED) is 0.692. The van der Waals surface area contributed by atoms with Gasteiger partial charge in [0.25, 0.3) is 0 Å². The fraction of sp³-hybridized carbons (Fsp3) is 0.560. The average Bonchev–Trinajstić information content (AvgIpc) is 3.02. The number of rotatable bonds is 8. The molecule has 1 fully saturated rings. The molecular formula is C25H34N4O. The molecule has 0 saturated heterocycles. The van der Waals surface area contributed by atoms with Crippen molar-refractivity contribution in [2.45, 2.75) is 84.1 Å². The number of nitrogens with zero attached hydrogens (tertiary/aromatic N) is 3. The Morgan fingerprint density at radius 1 is 1.23 bits per heavy atom. The van der Waals surface area contributed by atoms with Gasteiger partial charge in [-0.2, -0.15) is 10.4 Å². The lowest BCUT2D eigenvalue weighted by Crippen LogP contribution is -2.42. The number of aryl methyl sites for hydroxylation is 3. The van der Waals surface area contributed by atoms with Crippen LogP contribution in [0.1, 0.15) is 73.0 Å². The number of hydrogen-bond acceptors (Lipinski definition) is 3. The smallest absolute Gasteiger partial charge is 0.220 e. The molecule has 1 aromatic heterocycles. The largest absolute Gasteiger partial charge is 0.355 e. The first-order valence-electron chi connectivity index (χ1n) is 11.2. The van der Waals surface area contributed by atoms with Crippen molar-refractivity contribution in [2.24, 2.45) is 0 Å². The van der Waals surface area contributed by atoms with E-state index < -0.39 is 0 Å². The molecule has 0 spiro atoms. The van der Waals surface area contributed by atoms with Crippen LogP contribution in [0, 0.1) is 32.1 Å². The molecule has 160 valence electrons. The third-order valence-corrected chi connectivity index (χ3v) is 6.63. The summed E-state index contributed by atoms with van der Waals surface area (Å²) < 4.78 is 1.89. The van der Waals surface area contributed by atoms with Crippen molar-refractivity contribution in [3.8, 4) is 6.07 Å². The number of nitriles is 1. The second kappa shape index (κ2) is 9.93. The van der Waals surface area contributed by atoms with Gasteiger partial charge in [0.2, 0.25) is 5.91 Å². The maximum atomic E-state index is 12.7. The Morgan fingerprint density at radius 3 is 2.70 bits per heavy atom. The van der Waals surface area contributed by atoms with E-state index in [2.05, 4.69) is 47.7 Å². The highest BCUT2D eigenvalue weighted by Crippen LogP contribution is 2.39. The number of hydrogen-bond donors (Lipinski definition) is 1. The van der Waals surface area contributed by atoms with Crippen LogP contribution in [0.15, 0.2) is 24.3 Å². The number of carbonyl (C=O) groups excluding carboxylic acids is 1. The topological polar surface area (TPSA) is 70.7 Å². The SMILES string of the molecule is Cc1cccc(C2(CNC(=O)CCc3c(C)nn(CCC#N)c3C)CCCCC2)c1. The standard InChI is InChI=1S/C25H34N4O/c1-19-9-7-10-22(17-19)25(13-5-4-6-14-25)18-27-24(30)12-11-23-20(2)28-29(21(23)3)16-8-15-26/h7,9-10,17H,4-6,8,11-14,16,18H2,1-3H3,(H,27,30). The normalized spacial score (nSPS) is 15.5. The van der Waals surface area contributed by atoms with Gasteiger partial charge < -0.3 is 5.32 Å². The predicted molar refractivity (Wildman–Crippen MR) is 119 cm³/mol. The second-order valence-corrected chi connectivity index (χ2v) is 8.77. The van der Waals surface area contributed by atoms with Crippen LogP contribution in [-0.4, -0.2) is 22.2 Å². The number of carbonyl (C=O) groups is 1. The van der Waals surface area contributed by atoms with Gasteiger partial charge in [0.1, 0.15) is 0 Å². The molecule has 1 aromatic carbocycles. The van der Waals surface area contributed by atoms with Gasteiger partial charge in [-0.25, -0.2) is 0 Å². The Kier molecular flexibility index (Phi) is 7.31. The molecule has 0 bridgehead atoms. The molecule has 1 aliphatic rings. The zero-order valence-electron chi connectivity index (χ0n) is 18.6. The van der Waals surface area contributed by atoms with Crippen LogP contribution in [0.25, 0.3) is 0 Å². The first kappa shape index (κ1) is 22.1. The molecule has 0 unspecified atom stereocenters. The molecule has 1 N–H and O–H groups in total. The molecule has 5 nitrogen and oxygen atoms in total. The van der Waals surface area contributed by atoms with Gasteiger partial charge in [0.15, 0.2) is 0 Å². The zero-order valence-corrected chi connectivity index (χ0v) is 18.6. The number of aromatic nitrogens is 2. The summed E-state index contributed by atoms with van der Waals surface area (Å²) in [5, 5.41) is 16.6. The summed E-state index contributed by atoms with van der Waals surface area (Å²) in [7, 11) is 0. The minimum Gasteiger partial charge on any atom is -0.355 e. The highest BCUT2D eigenvalue weighted by molar-refractivity contribution is 5.76. The minimum absolute atomic E-state index is 0.0634. The van der Waals surface area contributed by atoms with Gasteiger partial charge >= 0.3 is 0 Å². The van der Waals surface area contributed by atoms with Gasteiger partial charge in [-0.05, 0) is 51.2 Å². The van der Waals surface area contributed by atoms with E-state index in [1.807, 2.05) is 18.5 Å². The molecule has 1 aliphatic carbocycles. The summed E-state index contributed by atoms with van der Waals surface area (Å²) in [5.74, 6) is 0.108. The maximum absolute atomic E-state index is 12.7. The Hall–Kier alpha value is -2.61. The molecule has 1 saturated carbocycles. The van der Waals surface area contributed by atoms with Crippen molar-refractivity contribution in [1.29, 1.82) is 5.26 Å². The van der Waals surface area contributed by atoms with Gasteiger partial charge in [-0.1, -0.05) is 49.1 Å². The molecular weight excluding hydrogens is 372 g/mol. The monoisotopic (exact) mass is 406 g/mol. The van der Waals surface area contributed by atoms with Crippen LogP contribution in [0.3, 0.4) is 0 Å². The summed E-state index contributed by atoms with van der Waals surface area (Å²) in [6, 6.07) is 11.0. The first-order valence-corrected chi connectivity index (χ1v) is 11.2. The van der Waals surface area contributed by atoms with E-state index >= 15 is 0 Å². The number of amides is 1. The van der Waals surface area contributed by atoms with Crippen molar-refractivity contribution >= 4 is 5.91 Å². The predicted octanol–water partition coefficient (Wildman–Crippen LogP) is 4.67. The van der Waals surface area contributed by atoms with Crippen molar-refractivity contribution < 1.29 is 4.79 Å². The highest BCUT2D eigenvalue weighted by Gasteiger charge is 2.34. The van der Waals surface area contributed by atoms with Crippen LogP contribution < -0.4 is 5.32 Å². The van der Waals surface area contributed by atoms with Crippen LogP contribution >= 0.6 is 0 Å². The van der Waals surface area contributed by atoms with Crippen LogP contribution in [0.2, 0.25) is 0 Å². The van der Waals surface area contributed by atoms with Crippen molar-refractivity contribution in [2.75, 3.05) is 6.54 Å². The second-order valence-electron chi connectivity index (χ2n) is 8.77. The summed E-state index contributed by atoms with van der Waals surface area (Å²) in [5.41, 5.74) is 5.87. The first-order chi connectivity index (χ1) is 14.4. The third-order valence-electron chi connectivity index (χ3n) is 6.63. The molecule has 1 heterocycles. The molecule has 1 amide bonds. The Morgan fingerprint density at radius 2 is 2.00 bits per heavy atom. The summed E-state index contributed by atoms with van der Waals surface area (Å²) >= 11 is 0. The van der Waals surface area contributed by atoms with Crippen LogP contribution in [0.4, 0.5) is 0 Å². The Bertz CT molecular complexity index is 916. The Balaban J connectivity index is 1.62. The van der Waals surface area contributed by atoms with Gasteiger partial charge in [-0.15, -0.1) is 0 Å². The van der Waals surface area contributed by atoms with E-state index in [1.54, 1.807) is 0 Å². The number of benzene rings is 1. The zero-order chi connectivity index (χ0) is 21.6. The summed E-state index contributed by atoms with van der Waals surface area (Å²) in [6.07, 6.45) is 7.62. The average molecular weight is 407 g/mol. The fourth-order valence-corrected chi connectivity index (χ4v) is 4.84. The van der Waals surface area contributed by atoms with Gasteiger partial charge in [0, 0.05) is 24.1 Å². The van der Waals surface area contributed by atoms with Crippen molar-refractivity contribution in [3.63, 3.8) is 0 Å². The lowest BCUT2D eigenvalue weighted by Gasteiger charge is -2.38. The highest BCUT2D eigenvalue weighted by atomic mass is 16.1. The van der Waals surface area contributed by atoms with Crippen LogP contribution in [0.5, 0.6) is 0 Å². The van der Waals surface area contributed by atoms with E-state index in [0.29, 0.717) is 32.4 Å². The maximum Gasteiger partial charge on any atom is 0.220 e. The van der Waals surface area contributed by atoms with Crippen molar-refractivity contribution in [1.82, 2.24) is 15.1 Å². The minimum atomic E-state index is 0.0634. The van der Waals surface area contributed by atoms with Gasteiger partial charge in [0.05, 0.1) is 24.7 Å². The lowest BCUT2D eigenvalue weighted by atomic mass is 9.69. The Labute approximate surface area is 180 Å². The third kappa shape index (κ3) is 5.11. The lowest BCUT2D eigenvalue weighted by molar-refractivity contribution is -0.121. The van der Waals surface area contributed by atoms with E-state index in [-0.39, 0.29) is 11.3 Å². The fourth-order valence-electron chi connectivity index (χ4n) is 4.84. The molecule has 0 atom stereocenters. The molecule has 0 radical (unpaired) electrons. The van der Waals surface area contributed by atoms with Gasteiger partial charge in [-0.3, -0.25) is 9.48 Å². The molecule has 2 aromatic rings. The van der Waals surface area contributed by atoms with E-state index in [0.717, 1.165) is 29.8 Å². The summed E-state index contributed by atoms with van der Waals surface area (Å²) in [4.78, 5) is 12.7. The van der Waals surface area contributed by atoms with E-state index in [1.165, 1.54) is 30.4 Å². The van der Waals surface area contributed by atoms with E-state index in [9.17, 15) is 4.79 Å².